The zero-order valence-corrected chi connectivity index (χ0v) is 8.35. The summed E-state index contributed by atoms with van der Waals surface area (Å²) >= 11 is 3.31. The summed E-state index contributed by atoms with van der Waals surface area (Å²) in [6, 6.07) is 5.77. The van der Waals surface area contributed by atoms with Gasteiger partial charge in [0.05, 0.1) is 18.1 Å². The van der Waals surface area contributed by atoms with Gasteiger partial charge in [0.2, 0.25) is 0 Å². The van der Waals surface area contributed by atoms with Crippen LogP contribution in [0.15, 0.2) is 35.2 Å². The van der Waals surface area contributed by atoms with Crippen LogP contribution in [-0.2, 0) is 6.54 Å². The van der Waals surface area contributed by atoms with Gasteiger partial charge in [-0.3, -0.25) is 0 Å². The SMILES string of the molecule is Brc1cccc(Cn2nccn2)n1. The summed E-state index contributed by atoms with van der Waals surface area (Å²) < 4.78 is 0.831. The van der Waals surface area contributed by atoms with E-state index in [4.69, 9.17) is 0 Å². The number of halogens is 1. The minimum atomic E-state index is 0.604. The van der Waals surface area contributed by atoms with Gasteiger partial charge in [-0.25, -0.2) is 4.98 Å². The lowest BCUT2D eigenvalue weighted by Crippen LogP contribution is -2.04. The first-order chi connectivity index (χ1) is 6.34. The van der Waals surface area contributed by atoms with Crippen LogP contribution in [-0.4, -0.2) is 20.0 Å². The maximum absolute atomic E-state index is 4.26. The molecule has 5 heteroatoms. The Balaban J connectivity index is 2.19. The molecule has 0 radical (unpaired) electrons. The Labute approximate surface area is 83.7 Å². The Hall–Kier alpha value is -1.23. The molecule has 0 aliphatic carbocycles. The number of rotatable bonds is 2. The van der Waals surface area contributed by atoms with E-state index in [0.717, 1.165) is 10.3 Å². The van der Waals surface area contributed by atoms with Crippen molar-refractivity contribution < 1.29 is 0 Å². The Morgan fingerprint density at radius 3 is 2.69 bits per heavy atom. The Bertz CT molecular complexity index is 385. The third-order valence-electron chi connectivity index (χ3n) is 1.54. The molecule has 0 aliphatic heterocycles. The second kappa shape index (κ2) is 3.66. The molecule has 2 rings (SSSR count). The summed E-state index contributed by atoms with van der Waals surface area (Å²) in [6.07, 6.45) is 3.30. The van der Waals surface area contributed by atoms with Gasteiger partial charge in [-0.2, -0.15) is 15.0 Å². The van der Waals surface area contributed by atoms with Crippen LogP contribution in [0.4, 0.5) is 0 Å². The van der Waals surface area contributed by atoms with Gasteiger partial charge in [0.1, 0.15) is 11.1 Å². The third kappa shape index (κ3) is 2.12. The van der Waals surface area contributed by atoms with Crippen LogP contribution in [0.25, 0.3) is 0 Å². The van der Waals surface area contributed by atoms with E-state index in [-0.39, 0.29) is 0 Å². The summed E-state index contributed by atoms with van der Waals surface area (Å²) in [6.45, 7) is 0.604. The number of pyridine rings is 1. The predicted molar refractivity (Wildman–Crippen MR) is 51.1 cm³/mol. The molecule has 66 valence electrons. The van der Waals surface area contributed by atoms with E-state index in [0.29, 0.717) is 6.54 Å². The molecule has 13 heavy (non-hydrogen) atoms. The van der Waals surface area contributed by atoms with Crippen LogP contribution in [0, 0.1) is 0 Å². The number of hydrogen-bond donors (Lipinski definition) is 0. The maximum atomic E-state index is 4.26. The zero-order valence-electron chi connectivity index (χ0n) is 6.76. The molecule has 2 heterocycles. The quantitative estimate of drug-likeness (QED) is 0.745. The summed E-state index contributed by atoms with van der Waals surface area (Å²) in [7, 11) is 0. The molecule has 0 saturated carbocycles. The number of aromatic nitrogens is 4. The summed E-state index contributed by atoms with van der Waals surface area (Å²) in [5, 5.41) is 7.98. The van der Waals surface area contributed by atoms with Gasteiger partial charge in [0, 0.05) is 0 Å². The maximum Gasteiger partial charge on any atom is 0.106 e. The first-order valence-electron chi connectivity index (χ1n) is 3.80. The molecule has 0 unspecified atom stereocenters. The summed E-state index contributed by atoms with van der Waals surface area (Å²) in [5.74, 6) is 0. The van der Waals surface area contributed by atoms with E-state index in [1.165, 1.54) is 0 Å². The third-order valence-corrected chi connectivity index (χ3v) is 1.98. The van der Waals surface area contributed by atoms with Gasteiger partial charge in [-0.05, 0) is 28.1 Å². The van der Waals surface area contributed by atoms with Crippen molar-refractivity contribution in [2.24, 2.45) is 0 Å². The summed E-state index contributed by atoms with van der Waals surface area (Å²) in [4.78, 5) is 5.86. The van der Waals surface area contributed by atoms with E-state index in [1.54, 1.807) is 17.2 Å². The standard InChI is InChI=1S/C8H7BrN4/c9-8-3-1-2-7(12-8)6-13-10-4-5-11-13/h1-5H,6H2. The molecule has 2 aromatic heterocycles. The highest BCUT2D eigenvalue weighted by Crippen LogP contribution is 2.06. The van der Waals surface area contributed by atoms with E-state index in [9.17, 15) is 0 Å². The van der Waals surface area contributed by atoms with Crippen molar-refractivity contribution in [2.45, 2.75) is 6.54 Å². The molecule has 0 spiro atoms. The topological polar surface area (TPSA) is 43.6 Å². The molecule has 0 fully saturated rings. The van der Waals surface area contributed by atoms with Gasteiger partial charge < -0.3 is 0 Å². The first kappa shape index (κ1) is 8.37. The molecule has 0 aliphatic rings. The fourth-order valence-corrected chi connectivity index (χ4v) is 1.39. The van der Waals surface area contributed by atoms with E-state index < -0.39 is 0 Å². The highest BCUT2D eigenvalue weighted by Gasteiger charge is 1.97. The van der Waals surface area contributed by atoms with Crippen LogP contribution in [0.1, 0.15) is 5.69 Å². The summed E-state index contributed by atoms with van der Waals surface area (Å²) in [5.41, 5.74) is 0.936. The Morgan fingerprint density at radius 1 is 1.23 bits per heavy atom. The monoisotopic (exact) mass is 238 g/mol. The van der Waals surface area contributed by atoms with E-state index >= 15 is 0 Å². The van der Waals surface area contributed by atoms with Gasteiger partial charge >= 0.3 is 0 Å². The van der Waals surface area contributed by atoms with Crippen LogP contribution in [0.2, 0.25) is 0 Å². The largest absolute Gasteiger partial charge is 0.244 e. The second-order valence-corrected chi connectivity index (χ2v) is 3.32. The van der Waals surface area contributed by atoms with Crippen LogP contribution >= 0.6 is 15.9 Å². The average molecular weight is 239 g/mol. The van der Waals surface area contributed by atoms with Crippen LogP contribution in [0.5, 0.6) is 0 Å². The van der Waals surface area contributed by atoms with Gasteiger partial charge in [0.25, 0.3) is 0 Å². The van der Waals surface area contributed by atoms with Crippen molar-refractivity contribution in [2.75, 3.05) is 0 Å². The average Bonchev–Trinajstić information content (AvgIpc) is 2.57. The van der Waals surface area contributed by atoms with Crippen LogP contribution < -0.4 is 0 Å². The molecule has 0 N–H and O–H groups in total. The molecule has 0 atom stereocenters. The molecule has 0 amide bonds. The Morgan fingerprint density at radius 2 is 2.00 bits per heavy atom. The molecule has 0 bridgehead atoms. The molecular formula is C8H7BrN4. The minimum Gasteiger partial charge on any atom is -0.244 e. The Kier molecular flexibility index (Phi) is 2.35. The smallest absolute Gasteiger partial charge is 0.106 e. The van der Waals surface area contributed by atoms with Gasteiger partial charge in [-0.1, -0.05) is 6.07 Å². The van der Waals surface area contributed by atoms with E-state index in [2.05, 4.69) is 31.1 Å². The van der Waals surface area contributed by atoms with Crippen molar-refractivity contribution in [3.05, 3.63) is 40.9 Å². The van der Waals surface area contributed by atoms with Gasteiger partial charge in [0.15, 0.2) is 0 Å². The van der Waals surface area contributed by atoms with Crippen LogP contribution in [0.3, 0.4) is 0 Å². The predicted octanol–water partition coefficient (Wildman–Crippen LogP) is 1.48. The van der Waals surface area contributed by atoms with Crippen molar-refractivity contribution >= 4 is 15.9 Å². The minimum absolute atomic E-state index is 0.604. The lowest BCUT2D eigenvalue weighted by Gasteiger charge is -1.99. The molecule has 2 aromatic rings. The number of hydrogen-bond acceptors (Lipinski definition) is 3. The lowest BCUT2D eigenvalue weighted by atomic mass is 10.3. The fourth-order valence-electron chi connectivity index (χ4n) is 1.01. The molecule has 0 saturated heterocycles. The second-order valence-electron chi connectivity index (χ2n) is 2.51. The van der Waals surface area contributed by atoms with Crippen molar-refractivity contribution in [1.82, 2.24) is 20.0 Å². The van der Waals surface area contributed by atoms with Crippen molar-refractivity contribution in [3.8, 4) is 0 Å². The van der Waals surface area contributed by atoms with Crippen molar-refractivity contribution in [3.63, 3.8) is 0 Å². The van der Waals surface area contributed by atoms with Gasteiger partial charge in [-0.15, -0.1) is 0 Å². The first-order valence-corrected chi connectivity index (χ1v) is 4.59. The molecule has 0 aromatic carbocycles. The fraction of sp³-hybridized carbons (Fsp3) is 0.125. The normalized spacial score (nSPS) is 10.2. The highest BCUT2D eigenvalue weighted by atomic mass is 79.9. The zero-order chi connectivity index (χ0) is 9.10. The molecule has 4 nitrogen and oxygen atoms in total. The highest BCUT2D eigenvalue weighted by molar-refractivity contribution is 9.10. The number of nitrogens with zero attached hydrogens (tertiary/aromatic N) is 4. The van der Waals surface area contributed by atoms with Crippen molar-refractivity contribution in [1.29, 1.82) is 0 Å². The lowest BCUT2D eigenvalue weighted by molar-refractivity contribution is 0.581. The molecular weight excluding hydrogens is 232 g/mol. The van der Waals surface area contributed by atoms with E-state index in [1.807, 2.05) is 18.2 Å².